The number of rotatable bonds is 3. The smallest absolute Gasteiger partial charge is 0.216 e. The Morgan fingerprint density at radius 1 is 1.40 bits per heavy atom. The Kier molecular flexibility index (Phi) is 5.45. The molecule has 1 fully saturated rings. The molecule has 0 aliphatic carbocycles. The van der Waals surface area contributed by atoms with Crippen LogP contribution in [0.1, 0.15) is 18.9 Å². The molecule has 2 rings (SSSR count). The number of benzene rings is 1. The Morgan fingerprint density at radius 3 is 2.95 bits per heavy atom. The predicted molar refractivity (Wildman–Crippen MR) is 79.7 cm³/mol. The molecule has 1 aromatic rings. The number of amides is 1. The molecule has 4 nitrogen and oxygen atoms in total. The van der Waals surface area contributed by atoms with E-state index in [9.17, 15) is 4.79 Å². The van der Waals surface area contributed by atoms with Gasteiger partial charge in [-0.2, -0.15) is 0 Å². The van der Waals surface area contributed by atoms with Crippen LogP contribution in [0.2, 0.25) is 0 Å². The van der Waals surface area contributed by atoms with Crippen molar-refractivity contribution in [2.45, 2.75) is 13.3 Å². The zero-order valence-electron chi connectivity index (χ0n) is 11.8. The molecule has 1 heterocycles. The van der Waals surface area contributed by atoms with Gasteiger partial charge in [-0.05, 0) is 18.2 Å². The van der Waals surface area contributed by atoms with Crippen LogP contribution in [0.4, 0.5) is 5.69 Å². The van der Waals surface area contributed by atoms with Crippen LogP contribution >= 0.6 is 0 Å². The van der Waals surface area contributed by atoms with Crippen LogP contribution in [0.15, 0.2) is 24.3 Å². The van der Waals surface area contributed by atoms with Gasteiger partial charge in [0.1, 0.15) is 0 Å². The summed E-state index contributed by atoms with van der Waals surface area (Å²) in [5.41, 5.74) is 2.21. The summed E-state index contributed by atoms with van der Waals surface area (Å²) < 4.78 is 5.36. The first-order chi connectivity index (χ1) is 9.75. The van der Waals surface area contributed by atoms with Crippen LogP contribution in [0.5, 0.6) is 0 Å². The van der Waals surface area contributed by atoms with E-state index in [-0.39, 0.29) is 5.91 Å². The first-order valence-electron chi connectivity index (χ1n) is 6.92. The summed E-state index contributed by atoms with van der Waals surface area (Å²) in [4.78, 5) is 13.0. The second-order valence-corrected chi connectivity index (χ2v) is 4.68. The zero-order valence-corrected chi connectivity index (χ0v) is 11.8. The van der Waals surface area contributed by atoms with E-state index in [0.717, 1.165) is 31.9 Å². The molecule has 1 amide bonds. The molecule has 0 saturated carbocycles. The van der Waals surface area contributed by atoms with Crippen LogP contribution in [0.3, 0.4) is 0 Å². The molecule has 0 atom stereocenters. The van der Waals surface area contributed by atoms with E-state index in [4.69, 9.17) is 4.74 Å². The molecule has 106 valence electrons. The molecule has 4 heteroatoms. The number of hydrogen-bond donors (Lipinski definition) is 1. The van der Waals surface area contributed by atoms with Crippen molar-refractivity contribution in [2.24, 2.45) is 0 Å². The van der Waals surface area contributed by atoms with Crippen molar-refractivity contribution >= 4 is 11.6 Å². The number of ether oxygens (including phenoxy) is 1. The third kappa shape index (κ3) is 4.60. The van der Waals surface area contributed by atoms with Gasteiger partial charge >= 0.3 is 0 Å². The molecule has 1 aromatic carbocycles. The first-order valence-corrected chi connectivity index (χ1v) is 6.92. The summed E-state index contributed by atoms with van der Waals surface area (Å²) >= 11 is 0. The lowest BCUT2D eigenvalue weighted by Gasteiger charge is -2.28. The summed E-state index contributed by atoms with van der Waals surface area (Å²) in [7, 11) is 0. The quantitative estimate of drug-likeness (QED) is 0.668. The zero-order chi connectivity index (χ0) is 14.2. The lowest BCUT2D eigenvalue weighted by molar-refractivity contribution is -0.118. The van der Waals surface area contributed by atoms with E-state index in [0.29, 0.717) is 13.0 Å². The number of carbonyl (C=O) groups excluding carboxylic acids is 1. The minimum absolute atomic E-state index is 0.0129. The Labute approximate surface area is 120 Å². The third-order valence-electron chi connectivity index (χ3n) is 3.08. The van der Waals surface area contributed by atoms with Crippen molar-refractivity contribution in [3.63, 3.8) is 0 Å². The SMILES string of the molecule is CC(=O)NCCC#Cc1cccc(N2CCOCC2)c1. The lowest BCUT2D eigenvalue weighted by atomic mass is 10.2. The van der Waals surface area contributed by atoms with Gasteiger partial charge < -0.3 is 15.0 Å². The standard InChI is InChI=1S/C16H20N2O2/c1-14(19)17-8-3-2-5-15-6-4-7-16(13-15)18-9-11-20-12-10-18/h4,6-7,13H,3,8-12H2,1H3,(H,17,19). The van der Waals surface area contributed by atoms with Crippen LogP contribution in [0, 0.1) is 11.8 Å². The molecule has 0 radical (unpaired) electrons. The largest absolute Gasteiger partial charge is 0.378 e. The fourth-order valence-electron chi connectivity index (χ4n) is 2.07. The summed E-state index contributed by atoms with van der Waals surface area (Å²) in [5.74, 6) is 6.21. The molecule has 0 unspecified atom stereocenters. The lowest BCUT2D eigenvalue weighted by Crippen LogP contribution is -2.36. The highest BCUT2D eigenvalue weighted by Crippen LogP contribution is 2.16. The van der Waals surface area contributed by atoms with Crippen LogP contribution in [-0.4, -0.2) is 38.8 Å². The highest BCUT2D eigenvalue weighted by molar-refractivity contribution is 5.72. The number of nitrogens with zero attached hydrogens (tertiary/aromatic N) is 1. The van der Waals surface area contributed by atoms with Crippen LogP contribution in [0.25, 0.3) is 0 Å². The van der Waals surface area contributed by atoms with Gasteiger partial charge in [-0.15, -0.1) is 0 Å². The third-order valence-corrected chi connectivity index (χ3v) is 3.08. The van der Waals surface area contributed by atoms with Gasteiger partial charge in [0.05, 0.1) is 13.2 Å². The van der Waals surface area contributed by atoms with E-state index in [1.807, 2.05) is 12.1 Å². The average molecular weight is 272 g/mol. The van der Waals surface area contributed by atoms with Crippen molar-refractivity contribution in [3.8, 4) is 11.8 Å². The number of carbonyl (C=O) groups is 1. The van der Waals surface area contributed by atoms with E-state index in [1.54, 1.807) is 0 Å². The maximum absolute atomic E-state index is 10.7. The van der Waals surface area contributed by atoms with Crippen molar-refractivity contribution in [3.05, 3.63) is 29.8 Å². The van der Waals surface area contributed by atoms with E-state index >= 15 is 0 Å². The molecular formula is C16H20N2O2. The number of nitrogens with one attached hydrogen (secondary N) is 1. The Morgan fingerprint density at radius 2 is 2.20 bits per heavy atom. The molecule has 1 aliphatic heterocycles. The molecular weight excluding hydrogens is 252 g/mol. The van der Waals surface area contributed by atoms with E-state index < -0.39 is 0 Å². The van der Waals surface area contributed by atoms with Crippen LogP contribution in [-0.2, 0) is 9.53 Å². The Hall–Kier alpha value is -1.99. The minimum Gasteiger partial charge on any atom is -0.378 e. The second kappa shape index (κ2) is 7.56. The summed E-state index contributed by atoms with van der Waals surface area (Å²) in [6.07, 6.45) is 0.668. The van der Waals surface area contributed by atoms with Crippen molar-refractivity contribution in [1.29, 1.82) is 0 Å². The number of morpholine rings is 1. The summed E-state index contributed by atoms with van der Waals surface area (Å²) in [6, 6.07) is 8.25. The molecule has 1 saturated heterocycles. The fourth-order valence-corrected chi connectivity index (χ4v) is 2.07. The van der Waals surface area contributed by atoms with E-state index in [1.165, 1.54) is 12.6 Å². The molecule has 0 aromatic heterocycles. The van der Waals surface area contributed by atoms with Crippen molar-refractivity contribution < 1.29 is 9.53 Å². The van der Waals surface area contributed by atoms with Crippen LogP contribution < -0.4 is 10.2 Å². The fraction of sp³-hybridized carbons (Fsp3) is 0.438. The van der Waals surface area contributed by atoms with Crippen molar-refractivity contribution in [2.75, 3.05) is 37.7 Å². The number of anilines is 1. The Bertz CT molecular complexity index is 511. The highest BCUT2D eigenvalue weighted by atomic mass is 16.5. The predicted octanol–water partition coefficient (Wildman–Crippen LogP) is 1.40. The molecule has 1 aliphatic rings. The van der Waals surface area contributed by atoms with Gasteiger partial charge in [0.25, 0.3) is 0 Å². The number of hydrogen-bond acceptors (Lipinski definition) is 3. The van der Waals surface area contributed by atoms with Gasteiger partial charge in [0.2, 0.25) is 5.91 Å². The normalized spacial score (nSPS) is 14.3. The highest BCUT2D eigenvalue weighted by Gasteiger charge is 2.10. The minimum atomic E-state index is -0.0129. The molecule has 20 heavy (non-hydrogen) atoms. The molecule has 0 bridgehead atoms. The summed E-state index contributed by atoms with van der Waals surface area (Å²) in [6.45, 7) is 5.54. The average Bonchev–Trinajstić information content (AvgIpc) is 2.48. The van der Waals surface area contributed by atoms with Gasteiger partial charge in [-0.25, -0.2) is 0 Å². The molecule has 0 spiro atoms. The maximum Gasteiger partial charge on any atom is 0.216 e. The van der Waals surface area contributed by atoms with Crippen molar-refractivity contribution in [1.82, 2.24) is 5.32 Å². The van der Waals surface area contributed by atoms with Gasteiger partial charge in [0.15, 0.2) is 0 Å². The first kappa shape index (κ1) is 14.4. The van der Waals surface area contributed by atoms with E-state index in [2.05, 4.69) is 34.2 Å². The van der Waals surface area contributed by atoms with Gasteiger partial charge in [-0.1, -0.05) is 17.9 Å². The second-order valence-electron chi connectivity index (χ2n) is 4.68. The maximum atomic E-state index is 10.7. The Balaban J connectivity index is 1.92. The molecule has 1 N–H and O–H groups in total. The topological polar surface area (TPSA) is 41.6 Å². The van der Waals surface area contributed by atoms with Gasteiger partial charge in [0, 0.05) is 44.2 Å². The summed E-state index contributed by atoms with van der Waals surface area (Å²) in [5, 5.41) is 2.73. The monoisotopic (exact) mass is 272 g/mol. The van der Waals surface area contributed by atoms with Gasteiger partial charge in [-0.3, -0.25) is 4.79 Å².